The van der Waals surface area contributed by atoms with Crippen LogP contribution in [0.25, 0.3) is 0 Å². The van der Waals surface area contributed by atoms with Crippen molar-refractivity contribution in [1.29, 1.82) is 5.26 Å². The van der Waals surface area contributed by atoms with Crippen molar-refractivity contribution in [3.8, 4) is 11.8 Å². The maximum Gasteiger partial charge on any atom is 0.255 e. The van der Waals surface area contributed by atoms with E-state index in [9.17, 15) is 10.1 Å². The molecule has 0 saturated heterocycles. The minimum atomic E-state index is -0.512. The lowest BCUT2D eigenvalue weighted by molar-refractivity contribution is -0.119. The summed E-state index contributed by atoms with van der Waals surface area (Å²) in [5, 5.41) is 9.27. The number of nitrogens with zero attached hydrogens (tertiary/aromatic N) is 2. The molecule has 0 aliphatic heterocycles. The third-order valence-electron chi connectivity index (χ3n) is 2.88. The predicted octanol–water partition coefficient (Wildman–Crippen LogP) is 1.46. The summed E-state index contributed by atoms with van der Waals surface area (Å²) in [6, 6.07) is 9.19. The molecule has 0 saturated carbocycles. The smallest absolute Gasteiger partial charge is 0.255 e. The van der Waals surface area contributed by atoms with E-state index >= 15 is 0 Å². The summed E-state index contributed by atoms with van der Waals surface area (Å²) in [4.78, 5) is 12.7. The molecular weight excluding hydrogens is 242 g/mol. The van der Waals surface area contributed by atoms with Crippen LogP contribution in [-0.4, -0.2) is 30.5 Å². The number of ether oxygens (including phenoxy) is 1. The number of nitriles is 1. The van der Waals surface area contributed by atoms with Crippen molar-refractivity contribution >= 4 is 5.91 Å². The molecule has 5 heteroatoms. The first-order valence-electron chi connectivity index (χ1n) is 6.27. The van der Waals surface area contributed by atoms with Gasteiger partial charge in [0, 0.05) is 0 Å². The molecule has 1 aromatic carbocycles. The van der Waals surface area contributed by atoms with Crippen LogP contribution in [0.1, 0.15) is 25.5 Å². The lowest BCUT2D eigenvalue weighted by atomic mass is 10.1. The van der Waals surface area contributed by atoms with Gasteiger partial charge in [0.25, 0.3) is 5.91 Å². The Hall–Kier alpha value is -2.06. The zero-order chi connectivity index (χ0) is 14.3. The highest BCUT2D eigenvalue weighted by atomic mass is 16.5. The summed E-state index contributed by atoms with van der Waals surface area (Å²) in [5.41, 5.74) is 5.92. The Balaban J connectivity index is 2.79. The topological polar surface area (TPSA) is 79.3 Å². The zero-order valence-corrected chi connectivity index (χ0v) is 11.3. The first kappa shape index (κ1) is 15.0. The van der Waals surface area contributed by atoms with Crippen molar-refractivity contribution in [3.05, 3.63) is 29.8 Å². The van der Waals surface area contributed by atoms with Crippen LogP contribution in [0.15, 0.2) is 24.3 Å². The van der Waals surface area contributed by atoms with E-state index in [1.807, 2.05) is 26.0 Å². The van der Waals surface area contributed by atoms with Gasteiger partial charge >= 0.3 is 0 Å². The van der Waals surface area contributed by atoms with E-state index in [4.69, 9.17) is 10.5 Å². The SMILES string of the molecule is CCN(CC)C(C#N)c1ccc(OCC(N)=O)cc1. The molecule has 5 nitrogen and oxygen atoms in total. The molecule has 0 aliphatic carbocycles. The number of carbonyl (C=O) groups excluding carboxylic acids is 1. The summed E-state index contributed by atoms with van der Waals surface area (Å²) in [7, 11) is 0. The maximum absolute atomic E-state index is 10.6. The second-order valence-corrected chi connectivity index (χ2v) is 4.08. The predicted molar refractivity (Wildman–Crippen MR) is 72.4 cm³/mol. The summed E-state index contributed by atoms with van der Waals surface area (Å²) >= 11 is 0. The van der Waals surface area contributed by atoms with E-state index in [2.05, 4.69) is 11.0 Å². The van der Waals surface area contributed by atoms with Gasteiger partial charge < -0.3 is 10.5 Å². The highest BCUT2D eigenvalue weighted by Gasteiger charge is 2.16. The molecule has 19 heavy (non-hydrogen) atoms. The van der Waals surface area contributed by atoms with Crippen LogP contribution in [0.5, 0.6) is 5.75 Å². The number of carbonyl (C=O) groups is 1. The number of rotatable bonds is 7. The molecule has 0 bridgehead atoms. The number of amides is 1. The fraction of sp³-hybridized carbons (Fsp3) is 0.429. The molecular formula is C14H19N3O2. The Bertz CT molecular complexity index is 447. The number of primary amides is 1. The van der Waals surface area contributed by atoms with E-state index in [0.29, 0.717) is 5.75 Å². The van der Waals surface area contributed by atoms with E-state index in [-0.39, 0.29) is 12.6 Å². The van der Waals surface area contributed by atoms with Gasteiger partial charge in [-0.25, -0.2) is 0 Å². The van der Waals surface area contributed by atoms with Gasteiger partial charge in [-0.2, -0.15) is 5.26 Å². The van der Waals surface area contributed by atoms with Gasteiger partial charge in [-0.1, -0.05) is 26.0 Å². The minimum absolute atomic E-state index is 0.142. The molecule has 0 aliphatic rings. The van der Waals surface area contributed by atoms with E-state index in [1.54, 1.807) is 12.1 Å². The van der Waals surface area contributed by atoms with Crippen molar-refractivity contribution in [2.24, 2.45) is 5.73 Å². The summed E-state index contributed by atoms with van der Waals surface area (Å²) in [6.07, 6.45) is 0. The fourth-order valence-corrected chi connectivity index (χ4v) is 1.86. The highest BCUT2D eigenvalue weighted by molar-refractivity contribution is 5.75. The van der Waals surface area contributed by atoms with E-state index < -0.39 is 5.91 Å². The zero-order valence-electron chi connectivity index (χ0n) is 11.3. The van der Waals surface area contributed by atoms with Crippen molar-refractivity contribution in [2.45, 2.75) is 19.9 Å². The third-order valence-corrected chi connectivity index (χ3v) is 2.88. The number of hydrogen-bond acceptors (Lipinski definition) is 4. The van der Waals surface area contributed by atoms with Crippen LogP contribution in [0.2, 0.25) is 0 Å². The van der Waals surface area contributed by atoms with Crippen molar-refractivity contribution in [3.63, 3.8) is 0 Å². The lowest BCUT2D eigenvalue weighted by Crippen LogP contribution is -2.27. The first-order chi connectivity index (χ1) is 9.12. The van der Waals surface area contributed by atoms with Crippen LogP contribution in [0.3, 0.4) is 0 Å². The molecule has 1 atom stereocenters. The first-order valence-corrected chi connectivity index (χ1v) is 6.27. The molecule has 102 valence electrons. The average molecular weight is 261 g/mol. The molecule has 0 aromatic heterocycles. The average Bonchev–Trinajstić information content (AvgIpc) is 2.43. The monoisotopic (exact) mass is 261 g/mol. The second-order valence-electron chi connectivity index (χ2n) is 4.08. The standard InChI is InChI=1S/C14H19N3O2/c1-3-17(4-2)13(9-15)11-5-7-12(8-6-11)19-10-14(16)18/h5-8,13H,3-4,10H2,1-2H3,(H2,16,18). The van der Waals surface area contributed by atoms with Gasteiger partial charge in [-0.3, -0.25) is 9.69 Å². The van der Waals surface area contributed by atoms with Crippen molar-refractivity contribution in [1.82, 2.24) is 4.90 Å². The van der Waals surface area contributed by atoms with E-state index in [1.165, 1.54) is 0 Å². The lowest BCUT2D eigenvalue weighted by Gasteiger charge is -2.24. The van der Waals surface area contributed by atoms with E-state index in [0.717, 1.165) is 18.7 Å². The third kappa shape index (κ3) is 4.27. The summed E-state index contributed by atoms with van der Waals surface area (Å²) < 4.78 is 5.18. The van der Waals surface area contributed by atoms with Crippen LogP contribution in [-0.2, 0) is 4.79 Å². The van der Waals surface area contributed by atoms with Crippen LogP contribution < -0.4 is 10.5 Å². The molecule has 1 aromatic rings. The Kier molecular flexibility index (Phi) is 5.83. The molecule has 0 spiro atoms. The molecule has 0 fully saturated rings. The number of hydrogen-bond donors (Lipinski definition) is 1. The van der Waals surface area contributed by atoms with Crippen molar-refractivity contribution in [2.75, 3.05) is 19.7 Å². The van der Waals surface area contributed by atoms with Gasteiger partial charge in [-0.05, 0) is 30.8 Å². The van der Waals surface area contributed by atoms with Crippen LogP contribution in [0.4, 0.5) is 0 Å². The summed E-state index contributed by atoms with van der Waals surface area (Å²) in [5.74, 6) is 0.0564. The molecule has 0 heterocycles. The molecule has 2 N–H and O–H groups in total. The van der Waals surface area contributed by atoms with Gasteiger partial charge in [0.15, 0.2) is 6.61 Å². The highest BCUT2D eigenvalue weighted by Crippen LogP contribution is 2.22. The van der Waals surface area contributed by atoms with Gasteiger partial charge in [-0.15, -0.1) is 0 Å². The number of benzene rings is 1. The molecule has 0 radical (unpaired) electrons. The molecule has 1 rings (SSSR count). The minimum Gasteiger partial charge on any atom is -0.484 e. The Labute approximate surface area is 113 Å². The summed E-state index contributed by atoms with van der Waals surface area (Å²) in [6.45, 7) is 5.54. The Morgan fingerprint density at radius 2 is 1.95 bits per heavy atom. The van der Waals surface area contributed by atoms with Crippen molar-refractivity contribution < 1.29 is 9.53 Å². The second kappa shape index (κ2) is 7.39. The van der Waals surface area contributed by atoms with Crippen LogP contribution in [0, 0.1) is 11.3 Å². The Morgan fingerprint density at radius 3 is 2.37 bits per heavy atom. The van der Waals surface area contributed by atoms with Crippen LogP contribution >= 0.6 is 0 Å². The quantitative estimate of drug-likeness (QED) is 0.805. The van der Waals surface area contributed by atoms with Gasteiger partial charge in [0.1, 0.15) is 11.8 Å². The Morgan fingerprint density at radius 1 is 1.37 bits per heavy atom. The van der Waals surface area contributed by atoms with Gasteiger partial charge in [0.05, 0.1) is 6.07 Å². The normalized spacial score (nSPS) is 11.9. The maximum atomic E-state index is 10.6. The van der Waals surface area contributed by atoms with Gasteiger partial charge in [0.2, 0.25) is 0 Å². The number of nitrogens with two attached hydrogens (primary N) is 1. The largest absolute Gasteiger partial charge is 0.484 e. The fourth-order valence-electron chi connectivity index (χ4n) is 1.86. The molecule has 1 unspecified atom stereocenters. The molecule has 1 amide bonds.